The Morgan fingerprint density at radius 2 is 2.14 bits per heavy atom. The van der Waals surface area contributed by atoms with Crippen LogP contribution in [-0.2, 0) is 6.42 Å². The summed E-state index contributed by atoms with van der Waals surface area (Å²) in [6.45, 7) is 2.09. The van der Waals surface area contributed by atoms with Gasteiger partial charge in [-0.05, 0) is 18.6 Å². The number of fused-ring (bicyclic) bond motifs is 1. The Bertz CT molecular complexity index is 386. The first-order valence-electron chi connectivity index (χ1n) is 5.02. The van der Waals surface area contributed by atoms with Gasteiger partial charge in [-0.1, -0.05) is 25.1 Å². The number of hydrogen-bond acceptors (Lipinski definition) is 2. The van der Waals surface area contributed by atoms with Crippen molar-refractivity contribution in [2.45, 2.75) is 25.8 Å². The van der Waals surface area contributed by atoms with E-state index in [0.29, 0.717) is 0 Å². The zero-order valence-electron chi connectivity index (χ0n) is 8.36. The van der Waals surface area contributed by atoms with Gasteiger partial charge in [0.2, 0.25) is 0 Å². The summed E-state index contributed by atoms with van der Waals surface area (Å²) in [6, 6.07) is 10.3. The summed E-state index contributed by atoms with van der Waals surface area (Å²) >= 11 is 0. The molecule has 1 aromatic carbocycles. The minimum atomic E-state index is 0.204. The molecule has 74 valence electrons. The van der Waals surface area contributed by atoms with Gasteiger partial charge in [-0.2, -0.15) is 0 Å². The second-order valence-electron chi connectivity index (χ2n) is 3.62. The number of benzene rings is 1. The van der Waals surface area contributed by atoms with Crippen LogP contribution in [0.25, 0.3) is 11.0 Å². The number of rotatable bonds is 3. The Labute approximate surface area is 83.7 Å². The van der Waals surface area contributed by atoms with Gasteiger partial charge in [-0.3, -0.25) is 0 Å². The number of para-hydroxylation sites is 1. The van der Waals surface area contributed by atoms with E-state index < -0.39 is 0 Å². The van der Waals surface area contributed by atoms with Crippen molar-refractivity contribution in [2.75, 3.05) is 0 Å². The molecule has 0 aliphatic rings. The lowest BCUT2D eigenvalue weighted by Gasteiger charge is -2.04. The Morgan fingerprint density at radius 3 is 2.86 bits per heavy atom. The second-order valence-corrected chi connectivity index (χ2v) is 3.62. The molecular weight excluding hydrogens is 174 g/mol. The molecule has 2 aromatic rings. The van der Waals surface area contributed by atoms with Crippen molar-refractivity contribution in [2.24, 2.45) is 5.73 Å². The van der Waals surface area contributed by atoms with Crippen molar-refractivity contribution < 1.29 is 4.42 Å². The van der Waals surface area contributed by atoms with Gasteiger partial charge < -0.3 is 10.2 Å². The molecule has 2 N–H and O–H groups in total. The second kappa shape index (κ2) is 3.84. The fourth-order valence-corrected chi connectivity index (χ4v) is 1.54. The predicted molar refractivity (Wildman–Crippen MR) is 58.2 cm³/mol. The monoisotopic (exact) mass is 189 g/mol. The van der Waals surface area contributed by atoms with Gasteiger partial charge in [-0.15, -0.1) is 0 Å². The van der Waals surface area contributed by atoms with Gasteiger partial charge in [0, 0.05) is 17.8 Å². The third-order valence-corrected chi connectivity index (χ3v) is 2.46. The molecule has 1 atom stereocenters. The largest absolute Gasteiger partial charge is 0.461 e. The molecule has 0 aliphatic heterocycles. The van der Waals surface area contributed by atoms with Gasteiger partial charge in [0.15, 0.2) is 0 Å². The molecule has 0 radical (unpaired) electrons. The molecule has 2 nitrogen and oxygen atoms in total. The first-order chi connectivity index (χ1) is 6.79. The topological polar surface area (TPSA) is 39.2 Å². The van der Waals surface area contributed by atoms with Crippen LogP contribution in [0.4, 0.5) is 0 Å². The van der Waals surface area contributed by atoms with E-state index in [-0.39, 0.29) is 6.04 Å². The molecule has 0 aliphatic carbocycles. The molecule has 1 aromatic heterocycles. The molecule has 0 amide bonds. The van der Waals surface area contributed by atoms with Crippen molar-refractivity contribution >= 4 is 11.0 Å². The standard InChI is InChI=1S/C12H15NO/c1-2-10(13)8-11-7-9-5-3-4-6-12(9)14-11/h3-7,10H,2,8,13H2,1H3. The molecule has 14 heavy (non-hydrogen) atoms. The van der Waals surface area contributed by atoms with Crippen molar-refractivity contribution in [3.05, 3.63) is 36.1 Å². The summed E-state index contributed by atoms with van der Waals surface area (Å²) in [5.41, 5.74) is 6.82. The predicted octanol–water partition coefficient (Wildman–Crippen LogP) is 2.71. The quantitative estimate of drug-likeness (QED) is 0.806. The smallest absolute Gasteiger partial charge is 0.134 e. The first-order valence-corrected chi connectivity index (χ1v) is 5.02. The van der Waals surface area contributed by atoms with Crippen LogP contribution in [0, 0.1) is 0 Å². The first kappa shape index (κ1) is 9.28. The Kier molecular flexibility index (Phi) is 2.55. The van der Waals surface area contributed by atoms with Crippen LogP contribution in [0.3, 0.4) is 0 Å². The SMILES string of the molecule is CCC(N)Cc1cc2ccccc2o1. The minimum Gasteiger partial charge on any atom is -0.461 e. The van der Waals surface area contributed by atoms with Crippen molar-refractivity contribution in [3.63, 3.8) is 0 Å². The van der Waals surface area contributed by atoms with Gasteiger partial charge >= 0.3 is 0 Å². The van der Waals surface area contributed by atoms with Crippen LogP contribution >= 0.6 is 0 Å². The zero-order valence-corrected chi connectivity index (χ0v) is 8.36. The summed E-state index contributed by atoms with van der Waals surface area (Å²) in [5.74, 6) is 0.987. The normalized spacial score (nSPS) is 13.3. The molecule has 0 saturated heterocycles. The molecule has 2 heteroatoms. The van der Waals surface area contributed by atoms with Gasteiger partial charge in [-0.25, -0.2) is 0 Å². The fraction of sp³-hybridized carbons (Fsp3) is 0.333. The highest BCUT2D eigenvalue weighted by molar-refractivity contribution is 5.77. The minimum absolute atomic E-state index is 0.204. The lowest BCUT2D eigenvalue weighted by molar-refractivity contribution is 0.508. The summed E-state index contributed by atoms with van der Waals surface area (Å²) in [7, 11) is 0. The van der Waals surface area contributed by atoms with Crippen LogP contribution in [0.5, 0.6) is 0 Å². The summed E-state index contributed by atoms with van der Waals surface area (Å²) < 4.78 is 5.66. The van der Waals surface area contributed by atoms with Crippen molar-refractivity contribution in [1.29, 1.82) is 0 Å². The molecule has 1 heterocycles. The fourth-order valence-electron chi connectivity index (χ4n) is 1.54. The van der Waals surface area contributed by atoms with Crippen LogP contribution in [0.15, 0.2) is 34.7 Å². The molecule has 1 unspecified atom stereocenters. The van der Waals surface area contributed by atoms with E-state index >= 15 is 0 Å². The summed E-state index contributed by atoms with van der Waals surface area (Å²) in [6.07, 6.45) is 1.81. The van der Waals surface area contributed by atoms with E-state index in [1.54, 1.807) is 0 Å². The highest BCUT2D eigenvalue weighted by Crippen LogP contribution is 2.19. The average Bonchev–Trinajstić information content (AvgIpc) is 2.59. The maximum absolute atomic E-state index is 5.87. The maximum atomic E-state index is 5.87. The van der Waals surface area contributed by atoms with E-state index in [1.807, 2.05) is 18.2 Å². The zero-order chi connectivity index (χ0) is 9.97. The van der Waals surface area contributed by atoms with Crippen LogP contribution in [-0.4, -0.2) is 6.04 Å². The van der Waals surface area contributed by atoms with E-state index in [2.05, 4.69) is 19.1 Å². The molecule has 2 rings (SSSR count). The molecule has 0 spiro atoms. The highest BCUT2D eigenvalue weighted by atomic mass is 16.3. The Morgan fingerprint density at radius 1 is 1.36 bits per heavy atom. The molecule has 0 saturated carbocycles. The van der Waals surface area contributed by atoms with Crippen molar-refractivity contribution in [3.8, 4) is 0 Å². The van der Waals surface area contributed by atoms with E-state index in [1.165, 1.54) is 0 Å². The highest BCUT2D eigenvalue weighted by Gasteiger charge is 2.06. The number of furan rings is 1. The molecular formula is C12H15NO. The van der Waals surface area contributed by atoms with Gasteiger partial charge in [0.25, 0.3) is 0 Å². The third-order valence-electron chi connectivity index (χ3n) is 2.46. The van der Waals surface area contributed by atoms with Gasteiger partial charge in [0.05, 0.1) is 0 Å². The van der Waals surface area contributed by atoms with Crippen LogP contribution < -0.4 is 5.73 Å². The maximum Gasteiger partial charge on any atom is 0.134 e. The molecule has 0 fully saturated rings. The molecule has 0 bridgehead atoms. The lowest BCUT2D eigenvalue weighted by atomic mass is 10.1. The van der Waals surface area contributed by atoms with Crippen LogP contribution in [0.2, 0.25) is 0 Å². The van der Waals surface area contributed by atoms with Gasteiger partial charge in [0.1, 0.15) is 11.3 Å². The van der Waals surface area contributed by atoms with Crippen molar-refractivity contribution in [1.82, 2.24) is 0 Å². The van der Waals surface area contributed by atoms with E-state index in [0.717, 1.165) is 29.6 Å². The summed E-state index contributed by atoms with van der Waals surface area (Å²) in [4.78, 5) is 0. The van der Waals surface area contributed by atoms with Crippen LogP contribution in [0.1, 0.15) is 19.1 Å². The number of hydrogen-bond donors (Lipinski definition) is 1. The third kappa shape index (κ3) is 1.80. The summed E-state index contributed by atoms with van der Waals surface area (Å²) in [5, 5.41) is 1.16. The number of nitrogens with two attached hydrogens (primary N) is 1. The van der Waals surface area contributed by atoms with E-state index in [9.17, 15) is 0 Å². The Balaban J connectivity index is 2.27. The van der Waals surface area contributed by atoms with E-state index in [4.69, 9.17) is 10.2 Å². The average molecular weight is 189 g/mol. The lowest BCUT2D eigenvalue weighted by Crippen LogP contribution is -2.20. The Hall–Kier alpha value is -1.28.